The van der Waals surface area contributed by atoms with E-state index in [4.69, 9.17) is 4.74 Å². The van der Waals surface area contributed by atoms with Gasteiger partial charge in [0.25, 0.3) is 0 Å². The number of benzene rings is 2. The topological polar surface area (TPSA) is 21.3 Å². The van der Waals surface area contributed by atoms with Gasteiger partial charge in [0.1, 0.15) is 6.26 Å². The summed E-state index contributed by atoms with van der Waals surface area (Å²) in [6, 6.07) is 21.5. The highest BCUT2D eigenvalue weighted by atomic mass is 31.1. The van der Waals surface area contributed by atoms with Crippen molar-refractivity contribution >= 4 is 18.5 Å². The second-order valence-corrected chi connectivity index (χ2v) is 8.82. The number of ether oxygens (including phenoxy) is 1. The van der Waals surface area contributed by atoms with Crippen LogP contribution in [0, 0.1) is 5.92 Å². The van der Waals surface area contributed by atoms with Crippen molar-refractivity contribution in [2.24, 2.45) is 5.92 Å². The van der Waals surface area contributed by atoms with Gasteiger partial charge in [-0.1, -0.05) is 86.7 Å². The number of nitrogens with one attached hydrogen (secondary N) is 1. The predicted molar refractivity (Wildman–Crippen MR) is 110 cm³/mol. The summed E-state index contributed by atoms with van der Waals surface area (Å²) in [5.41, 5.74) is 2.27. The molecule has 3 heteroatoms. The van der Waals surface area contributed by atoms with Gasteiger partial charge in [0, 0.05) is 5.57 Å². The van der Waals surface area contributed by atoms with E-state index in [1.807, 2.05) is 6.26 Å². The van der Waals surface area contributed by atoms with Gasteiger partial charge in [-0.2, -0.15) is 0 Å². The fraction of sp³-hybridized carbons (Fsp3) is 0.130. The molecule has 1 N–H and O–H groups in total. The van der Waals surface area contributed by atoms with Crippen LogP contribution < -0.4 is 15.9 Å². The number of hydrogen-bond donors (Lipinski definition) is 1. The Labute approximate surface area is 156 Å². The Morgan fingerprint density at radius 1 is 0.885 bits per heavy atom. The Balaban J connectivity index is 1.75. The van der Waals surface area contributed by atoms with Crippen LogP contribution in [0.4, 0.5) is 0 Å². The van der Waals surface area contributed by atoms with Crippen molar-refractivity contribution in [3.8, 4) is 0 Å². The fourth-order valence-electron chi connectivity index (χ4n) is 3.10. The van der Waals surface area contributed by atoms with E-state index >= 15 is 0 Å². The molecule has 0 bridgehead atoms. The molecular formula is C23H22NOP. The Bertz CT molecular complexity index is 868. The van der Waals surface area contributed by atoms with Crippen molar-refractivity contribution in [3.63, 3.8) is 0 Å². The standard InChI is InChI=1S/C23H22NOP/c1-17(2)21-16-25-23(24-21)20-14-9-15-22(20)26(18-10-5-3-6-11-18)19-12-7-4-8-13-19/h3-17,24H,1-2H3. The lowest BCUT2D eigenvalue weighted by molar-refractivity contribution is 0.354. The van der Waals surface area contributed by atoms with Crippen LogP contribution in [0.3, 0.4) is 0 Å². The van der Waals surface area contributed by atoms with Crippen molar-refractivity contribution in [1.82, 2.24) is 5.32 Å². The molecule has 2 nitrogen and oxygen atoms in total. The van der Waals surface area contributed by atoms with E-state index in [-0.39, 0.29) is 0 Å². The molecule has 0 spiro atoms. The maximum atomic E-state index is 5.89. The van der Waals surface area contributed by atoms with E-state index in [1.54, 1.807) is 0 Å². The fourth-order valence-corrected chi connectivity index (χ4v) is 5.55. The zero-order chi connectivity index (χ0) is 17.9. The molecule has 0 fully saturated rings. The molecule has 0 atom stereocenters. The van der Waals surface area contributed by atoms with Crippen LogP contribution in [0.5, 0.6) is 0 Å². The molecule has 0 unspecified atom stereocenters. The first kappa shape index (κ1) is 16.9. The summed E-state index contributed by atoms with van der Waals surface area (Å²) in [6.45, 7) is 4.33. The van der Waals surface area contributed by atoms with E-state index in [1.165, 1.54) is 15.9 Å². The molecule has 2 aliphatic rings. The monoisotopic (exact) mass is 359 g/mol. The van der Waals surface area contributed by atoms with Gasteiger partial charge in [0.2, 0.25) is 5.88 Å². The molecular weight excluding hydrogens is 337 g/mol. The van der Waals surface area contributed by atoms with Crippen LogP contribution in [0.15, 0.2) is 108 Å². The molecule has 2 aromatic rings. The minimum absolute atomic E-state index is 0.413. The first-order valence-electron chi connectivity index (χ1n) is 8.91. The van der Waals surface area contributed by atoms with Crippen LogP contribution >= 0.6 is 7.92 Å². The third-order valence-electron chi connectivity index (χ3n) is 4.49. The summed E-state index contributed by atoms with van der Waals surface area (Å²) < 4.78 is 5.89. The maximum Gasteiger partial charge on any atom is 0.204 e. The summed E-state index contributed by atoms with van der Waals surface area (Å²) in [7, 11) is -0.639. The Kier molecular flexibility index (Phi) is 4.77. The van der Waals surface area contributed by atoms with Gasteiger partial charge in [-0.15, -0.1) is 0 Å². The van der Waals surface area contributed by atoms with Gasteiger partial charge >= 0.3 is 0 Å². The highest BCUT2D eigenvalue weighted by Crippen LogP contribution is 2.49. The van der Waals surface area contributed by atoms with Crippen molar-refractivity contribution in [2.75, 3.05) is 0 Å². The normalized spacial score (nSPS) is 18.8. The SMILES string of the molecule is CC(C)C1=COC(=C2C=CC=C2P(c2ccccc2)c2ccccc2)N1. The molecule has 0 aromatic heterocycles. The summed E-state index contributed by atoms with van der Waals surface area (Å²) in [5.74, 6) is 1.25. The minimum Gasteiger partial charge on any atom is -0.446 e. The minimum atomic E-state index is -0.639. The van der Waals surface area contributed by atoms with Gasteiger partial charge in [-0.05, 0) is 35.8 Å². The van der Waals surface area contributed by atoms with E-state index in [0.29, 0.717) is 5.92 Å². The van der Waals surface area contributed by atoms with Crippen LogP contribution in [0.25, 0.3) is 0 Å². The molecule has 0 saturated carbocycles. The highest BCUT2D eigenvalue weighted by molar-refractivity contribution is 7.77. The van der Waals surface area contributed by atoms with E-state index in [2.05, 4.69) is 98.1 Å². The average molecular weight is 359 g/mol. The molecule has 130 valence electrons. The van der Waals surface area contributed by atoms with Crippen LogP contribution in [0.1, 0.15) is 13.8 Å². The molecule has 0 amide bonds. The third-order valence-corrected chi connectivity index (χ3v) is 6.99. The van der Waals surface area contributed by atoms with Crippen LogP contribution in [-0.4, -0.2) is 0 Å². The molecule has 1 heterocycles. The quantitative estimate of drug-likeness (QED) is 0.784. The van der Waals surface area contributed by atoms with Crippen LogP contribution in [-0.2, 0) is 4.74 Å². The van der Waals surface area contributed by atoms with Gasteiger partial charge in [-0.3, -0.25) is 0 Å². The summed E-state index contributed by atoms with van der Waals surface area (Å²) in [4.78, 5) is 0. The van der Waals surface area contributed by atoms with Gasteiger partial charge in [-0.25, -0.2) is 0 Å². The molecule has 1 aliphatic carbocycles. The number of rotatable bonds is 4. The van der Waals surface area contributed by atoms with Crippen molar-refractivity contribution in [3.05, 3.63) is 108 Å². The molecule has 1 aliphatic heterocycles. The summed E-state index contributed by atoms with van der Waals surface area (Å²) >= 11 is 0. The second-order valence-electron chi connectivity index (χ2n) is 6.63. The summed E-state index contributed by atoms with van der Waals surface area (Å²) in [5, 5.41) is 7.46. The summed E-state index contributed by atoms with van der Waals surface area (Å²) in [6.07, 6.45) is 8.34. The lowest BCUT2D eigenvalue weighted by Gasteiger charge is -2.22. The second kappa shape index (κ2) is 7.35. The molecule has 4 rings (SSSR count). The zero-order valence-corrected chi connectivity index (χ0v) is 15.9. The molecule has 26 heavy (non-hydrogen) atoms. The van der Waals surface area contributed by atoms with Gasteiger partial charge < -0.3 is 10.1 Å². The van der Waals surface area contributed by atoms with Crippen molar-refractivity contribution < 1.29 is 4.74 Å². The number of hydrogen-bond acceptors (Lipinski definition) is 2. The third kappa shape index (κ3) is 3.25. The van der Waals surface area contributed by atoms with E-state index < -0.39 is 7.92 Å². The average Bonchev–Trinajstić information content (AvgIpc) is 3.33. The smallest absolute Gasteiger partial charge is 0.204 e. The number of allylic oxidation sites excluding steroid dienone is 6. The zero-order valence-electron chi connectivity index (χ0n) is 15.0. The van der Waals surface area contributed by atoms with E-state index in [0.717, 1.165) is 17.2 Å². The maximum absolute atomic E-state index is 5.89. The Morgan fingerprint density at radius 2 is 1.50 bits per heavy atom. The molecule has 0 saturated heterocycles. The lowest BCUT2D eigenvalue weighted by atomic mass is 10.1. The first-order valence-corrected chi connectivity index (χ1v) is 10.2. The van der Waals surface area contributed by atoms with Crippen molar-refractivity contribution in [1.29, 1.82) is 0 Å². The predicted octanol–water partition coefficient (Wildman–Crippen LogP) is 4.90. The van der Waals surface area contributed by atoms with Crippen LogP contribution in [0.2, 0.25) is 0 Å². The molecule has 0 radical (unpaired) electrons. The Morgan fingerprint density at radius 3 is 2.04 bits per heavy atom. The molecule has 2 aromatic carbocycles. The first-order chi connectivity index (χ1) is 12.7. The van der Waals surface area contributed by atoms with Gasteiger partial charge in [0.15, 0.2) is 0 Å². The highest BCUT2D eigenvalue weighted by Gasteiger charge is 2.27. The van der Waals surface area contributed by atoms with Gasteiger partial charge in [0.05, 0.1) is 5.70 Å². The van der Waals surface area contributed by atoms with Crippen molar-refractivity contribution in [2.45, 2.75) is 13.8 Å². The largest absolute Gasteiger partial charge is 0.446 e. The van der Waals surface area contributed by atoms with E-state index in [9.17, 15) is 0 Å². The lowest BCUT2D eigenvalue weighted by Crippen LogP contribution is -2.16. The Hall–Kier alpha value is -2.57.